The molecule has 2 aromatic carbocycles. The normalized spacial score (nSPS) is 10.2. The van der Waals surface area contributed by atoms with Crippen LogP contribution in [0.5, 0.6) is 17.2 Å². The van der Waals surface area contributed by atoms with Gasteiger partial charge in [-0.05, 0) is 24.3 Å². The molecule has 0 aliphatic heterocycles. The van der Waals surface area contributed by atoms with E-state index in [1.807, 2.05) is 30.3 Å². The average molecular weight is 309 g/mol. The van der Waals surface area contributed by atoms with Crippen molar-refractivity contribution < 1.29 is 19.3 Å². The van der Waals surface area contributed by atoms with Crippen LogP contribution in [0.15, 0.2) is 42.5 Å². The van der Waals surface area contributed by atoms with Crippen molar-refractivity contribution in [2.45, 2.75) is 6.61 Å². The molecule has 5 heteroatoms. The second-order valence-electron chi connectivity index (χ2n) is 4.26. The molecule has 4 nitrogen and oxygen atoms in total. The summed E-state index contributed by atoms with van der Waals surface area (Å²) in [6.07, 6.45) is 0. The summed E-state index contributed by atoms with van der Waals surface area (Å²) in [6, 6.07) is 12.7. The van der Waals surface area contributed by atoms with E-state index >= 15 is 0 Å². The number of para-hydroxylation sites is 2. The molecule has 0 aliphatic rings. The van der Waals surface area contributed by atoms with E-state index in [9.17, 15) is 0 Å². The number of aliphatic hydroxyl groups is 1. The summed E-state index contributed by atoms with van der Waals surface area (Å²) < 4.78 is 16.3. The summed E-state index contributed by atoms with van der Waals surface area (Å²) >= 11 is 6.17. The molecule has 0 fully saturated rings. The van der Waals surface area contributed by atoms with Gasteiger partial charge in [0.2, 0.25) is 0 Å². The summed E-state index contributed by atoms with van der Waals surface area (Å²) in [5.74, 6) is 1.91. The van der Waals surface area contributed by atoms with Crippen molar-refractivity contribution in [1.82, 2.24) is 0 Å². The van der Waals surface area contributed by atoms with Gasteiger partial charge in [0.15, 0.2) is 11.5 Å². The van der Waals surface area contributed by atoms with Crippen LogP contribution >= 0.6 is 11.6 Å². The maximum absolute atomic E-state index is 8.82. The number of rotatable bonds is 7. The van der Waals surface area contributed by atoms with Crippen molar-refractivity contribution >= 4 is 11.6 Å². The molecule has 1 N–H and O–H groups in total. The number of halogens is 1. The molecule has 21 heavy (non-hydrogen) atoms. The summed E-state index contributed by atoms with van der Waals surface area (Å²) in [6.45, 7) is 0.505. The molecule has 2 aromatic rings. The van der Waals surface area contributed by atoms with Gasteiger partial charge in [0.05, 0.1) is 18.7 Å². The quantitative estimate of drug-likeness (QED) is 0.852. The maximum atomic E-state index is 8.82. The van der Waals surface area contributed by atoms with E-state index in [0.717, 1.165) is 5.56 Å². The zero-order chi connectivity index (χ0) is 15.1. The van der Waals surface area contributed by atoms with Crippen LogP contribution in [-0.4, -0.2) is 25.4 Å². The lowest BCUT2D eigenvalue weighted by molar-refractivity contribution is 0.192. The largest absolute Gasteiger partial charge is 0.497 e. The van der Waals surface area contributed by atoms with Crippen LogP contribution in [0.3, 0.4) is 0 Å². The van der Waals surface area contributed by atoms with E-state index < -0.39 is 0 Å². The molecule has 112 valence electrons. The molecule has 0 aromatic heterocycles. The van der Waals surface area contributed by atoms with Gasteiger partial charge in [-0.15, -0.1) is 0 Å². The van der Waals surface area contributed by atoms with E-state index in [0.29, 0.717) is 28.9 Å². The first-order valence-corrected chi connectivity index (χ1v) is 6.90. The lowest BCUT2D eigenvalue weighted by Gasteiger charge is -2.13. The summed E-state index contributed by atoms with van der Waals surface area (Å²) in [4.78, 5) is 0. The average Bonchev–Trinajstić information content (AvgIpc) is 2.52. The third kappa shape index (κ3) is 4.28. The smallest absolute Gasteiger partial charge is 0.161 e. The molecule has 0 radical (unpaired) electrons. The summed E-state index contributed by atoms with van der Waals surface area (Å²) in [5, 5.41) is 9.40. The third-order valence-corrected chi connectivity index (χ3v) is 3.19. The molecule has 2 rings (SSSR count). The maximum Gasteiger partial charge on any atom is 0.161 e. The third-order valence-electron chi connectivity index (χ3n) is 2.84. The fourth-order valence-electron chi connectivity index (χ4n) is 1.77. The topological polar surface area (TPSA) is 47.9 Å². The van der Waals surface area contributed by atoms with Crippen LogP contribution in [-0.2, 0) is 6.61 Å². The Balaban J connectivity index is 2.06. The minimum absolute atomic E-state index is 0.0430. The van der Waals surface area contributed by atoms with Gasteiger partial charge in [-0.3, -0.25) is 0 Å². The highest BCUT2D eigenvalue weighted by atomic mass is 35.5. The number of ether oxygens (including phenoxy) is 3. The summed E-state index contributed by atoms with van der Waals surface area (Å²) in [7, 11) is 1.59. The second kappa shape index (κ2) is 7.76. The van der Waals surface area contributed by atoms with Gasteiger partial charge < -0.3 is 19.3 Å². The molecule has 0 saturated heterocycles. The minimum atomic E-state index is -0.0430. The molecule has 0 bridgehead atoms. The van der Waals surface area contributed by atoms with Crippen LogP contribution in [0.4, 0.5) is 0 Å². The van der Waals surface area contributed by atoms with Crippen LogP contribution < -0.4 is 14.2 Å². The van der Waals surface area contributed by atoms with Crippen LogP contribution in [0.2, 0.25) is 5.02 Å². The van der Waals surface area contributed by atoms with Crippen molar-refractivity contribution in [1.29, 1.82) is 0 Å². The van der Waals surface area contributed by atoms with Gasteiger partial charge in [0.25, 0.3) is 0 Å². The molecule has 0 heterocycles. The van der Waals surface area contributed by atoms with E-state index in [2.05, 4.69) is 0 Å². The molecule has 0 aliphatic carbocycles. The molecular formula is C16H17ClO4. The van der Waals surface area contributed by atoms with E-state index in [1.165, 1.54) is 0 Å². The van der Waals surface area contributed by atoms with Crippen molar-refractivity contribution in [2.24, 2.45) is 0 Å². The first-order chi connectivity index (χ1) is 10.2. The first-order valence-electron chi connectivity index (χ1n) is 6.52. The molecular weight excluding hydrogens is 292 g/mol. The molecule has 0 saturated carbocycles. The van der Waals surface area contributed by atoms with Crippen LogP contribution in [0.25, 0.3) is 0 Å². The van der Waals surface area contributed by atoms with Gasteiger partial charge in [0.1, 0.15) is 19.0 Å². The molecule has 0 atom stereocenters. The lowest BCUT2D eigenvalue weighted by atomic mass is 10.2. The van der Waals surface area contributed by atoms with Gasteiger partial charge in [-0.25, -0.2) is 0 Å². The van der Waals surface area contributed by atoms with Crippen molar-refractivity contribution in [3.05, 3.63) is 53.1 Å². The Labute approximate surface area is 128 Å². The number of benzene rings is 2. The summed E-state index contributed by atoms with van der Waals surface area (Å²) in [5.41, 5.74) is 0.856. The van der Waals surface area contributed by atoms with Gasteiger partial charge in [-0.1, -0.05) is 29.8 Å². The highest BCUT2D eigenvalue weighted by molar-refractivity contribution is 6.31. The first kappa shape index (κ1) is 15.5. The van der Waals surface area contributed by atoms with Crippen molar-refractivity contribution in [3.8, 4) is 17.2 Å². The van der Waals surface area contributed by atoms with E-state index in [1.54, 1.807) is 19.2 Å². The fourth-order valence-corrected chi connectivity index (χ4v) is 2.00. The minimum Gasteiger partial charge on any atom is -0.497 e. The highest BCUT2D eigenvalue weighted by Crippen LogP contribution is 2.29. The Hall–Kier alpha value is -1.91. The number of methoxy groups -OCH3 is 1. The number of hydrogen-bond donors (Lipinski definition) is 1. The number of hydrogen-bond acceptors (Lipinski definition) is 4. The monoisotopic (exact) mass is 308 g/mol. The van der Waals surface area contributed by atoms with Crippen LogP contribution in [0.1, 0.15) is 5.56 Å². The van der Waals surface area contributed by atoms with E-state index in [4.69, 9.17) is 30.9 Å². The lowest BCUT2D eigenvalue weighted by Crippen LogP contribution is -2.04. The van der Waals surface area contributed by atoms with Gasteiger partial charge >= 0.3 is 0 Å². The Kier molecular flexibility index (Phi) is 5.72. The fraction of sp³-hybridized carbons (Fsp3) is 0.250. The van der Waals surface area contributed by atoms with Gasteiger partial charge in [-0.2, -0.15) is 0 Å². The second-order valence-corrected chi connectivity index (χ2v) is 4.67. The standard InChI is InChI=1S/C16H17ClO4/c1-19-13-7-6-12(14(17)10-13)11-21-16-5-3-2-4-15(16)20-9-8-18/h2-7,10,18H,8-9,11H2,1H3. The Morgan fingerprint density at radius 1 is 1.05 bits per heavy atom. The Morgan fingerprint density at radius 2 is 1.76 bits per heavy atom. The van der Waals surface area contributed by atoms with Gasteiger partial charge in [0, 0.05) is 5.56 Å². The van der Waals surface area contributed by atoms with E-state index in [-0.39, 0.29) is 13.2 Å². The molecule has 0 unspecified atom stereocenters. The predicted octanol–water partition coefficient (Wildman–Crippen LogP) is 3.30. The predicted molar refractivity (Wildman–Crippen MR) is 81.4 cm³/mol. The Bertz CT molecular complexity index is 586. The Morgan fingerprint density at radius 3 is 2.38 bits per heavy atom. The zero-order valence-corrected chi connectivity index (χ0v) is 12.5. The van der Waals surface area contributed by atoms with Crippen molar-refractivity contribution in [2.75, 3.05) is 20.3 Å². The molecule has 0 spiro atoms. The number of aliphatic hydroxyl groups excluding tert-OH is 1. The highest BCUT2D eigenvalue weighted by Gasteiger charge is 2.07. The van der Waals surface area contributed by atoms with Crippen LogP contribution in [0, 0.1) is 0 Å². The zero-order valence-electron chi connectivity index (χ0n) is 11.7. The molecule has 0 amide bonds. The van der Waals surface area contributed by atoms with Crippen molar-refractivity contribution in [3.63, 3.8) is 0 Å². The SMILES string of the molecule is COc1ccc(COc2ccccc2OCCO)c(Cl)c1.